The fourth-order valence-corrected chi connectivity index (χ4v) is 3.59. The van der Waals surface area contributed by atoms with Crippen LogP contribution in [0.4, 0.5) is 11.6 Å². The normalized spacial score (nSPS) is 12.1. The predicted molar refractivity (Wildman–Crippen MR) is 113 cm³/mol. The number of nitrogens with one attached hydrogen (secondary N) is 1. The molecule has 3 N–H and O–H groups in total. The van der Waals surface area contributed by atoms with Gasteiger partial charge in [-0.15, -0.1) is 5.10 Å². The number of fused-ring (bicyclic) bond motifs is 1. The topological polar surface area (TPSA) is 117 Å². The van der Waals surface area contributed by atoms with Gasteiger partial charge >= 0.3 is 0 Å². The number of anilines is 2. The van der Waals surface area contributed by atoms with Gasteiger partial charge in [-0.25, -0.2) is 4.52 Å². The van der Waals surface area contributed by atoms with Gasteiger partial charge in [0.15, 0.2) is 11.4 Å². The number of pyridine rings is 1. The molecule has 30 heavy (non-hydrogen) atoms. The Hall–Kier alpha value is -3.40. The van der Waals surface area contributed by atoms with Crippen molar-refractivity contribution in [3.63, 3.8) is 0 Å². The van der Waals surface area contributed by atoms with Crippen molar-refractivity contribution in [3.8, 4) is 11.1 Å². The molecule has 0 saturated heterocycles. The number of carbonyl (C=O) groups is 1. The maximum absolute atomic E-state index is 11.7. The number of benzene rings is 2. The maximum Gasteiger partial charge on any atom is 0.247 e. The van der Waals surface area contributed by atoms with E-state index in [9.17, 15) is 9.00 Å². The van der Waals surface area contributed by atoms with Crippen molar-refractivity contribution in [2.24, 2.45) is 0 Å². The zero-order chi connectivity index (χ0) is 21.1. The first-order valence-corrected chi connectivity index (χ1v) is 10.4. The number of aliphatic hydroxyl groups is 2. The number of ketones is 1. The van der Waals surface area contributed by atoms with Gasteiger partial charge in [-0.05, 0) is 54.1 Å². The second-order valence-corrected chi connectivity index (χ2v) is 7.83. The summed E-state index contributed by atoms with van der Waals surface area (Å²) in [6.45, 7) is -0.527. The summed E-state index contributed by atoms with van der Waals surface area (Å²) in [4.78, 5) is 16.6. The predicted octanol–water partition coefficient (Wildman–Crippen LogP) is 2.37. The molecular weight excluding hydrogens is 404 g/mol. The van der Waals surface area contributed by atoms with Crippen molar-refractivity contribution in [3.05, 3.63) is 72.4 Å². The van der Waals surface area contributed by atoms with Gasteiger partial charge in [-0.1, -0.05) is 12.1 Å². The summed E-state index contributed by atoms with van der Waals surface area (Å²) >= 11 is 0. The van der Waals surface area contributed by atoms with Crippen molar-refractivity contribution in [2.75, 3.05) is 17.9 Å². The summed E-state index contributed by atoms with van der Waals surface area (Å²) in [5.74, 6) is -0.365. The van der Waals surface area contributed by atoms with Crippen LogP contribution in [0.3, 0.4) is 0 Å². The van der Waals surface area contributed by atoms with E-state index in [1.54, 1.807) is 47.1 Å². The number of Topliss-reactive ketones (excluding diaryl/α,β-unsaturated/α-hetero) is 1. The third-order valence-electron chi connectivity index (χ3n) is 4.51. The van der Waals surface area contributed by atoms with Crippen molar-refractivity contribution >= 4 is 33.9 Å². The molecule has 4 rings (SSSR count). The number of aromatic nitrogens is 3. The molecular formula is C21H18N4O4S. The molecule has 0 aliphatic rings. The quantitative estimate of drug-likeness (QED) is 0.392. The van der Waals surface area contributed by atoms with E-state index in [1.807, 2.05) is 24.3 Å². The van der Waals surface area contributed by atoms with Crippen LogP contribution in [-0.2, 0) is 10.8 Å². The number of nitrogens with zero attached hydrogens (tertiary/aromatic N) is 3. The van der Waals surface area contributed by atoms with Crippen LogP contribution >= 0.6 is 0 Å². The van der Waals surface area contributed by atoms with Crippen molar-refractivity contribution in [1.82, 2.24) is 14.6 Å². The van der Waals surface area contributed by atoms with Gasteiger partial charge in [0, 0.05) is 27.9 Å². The molecule has 0 spiro atoms. The van der Waals surface area contributed by atoms with E-state index in [0.29, 0.717) is 27.7 Å². The first-order valence-electron chi connectivity index (χ1n) is 9.05. The molecule has 0 aliphatic heterocycles. The summed E-state index contributed by atoms with van der Waals surface area (Å²) in [5, 5.41) is 25.5. The van der Waals surface area contributed by atoms with Gasteiger partial charge < -0.3 is 15.5 Å². The SMILES string of the molecule is O=C(CO)c1ccc(Nc2nc3c(-c4ccc(S(=O)CO)cc4)cccn3n2)cc1. The molecule has 0 saturated carbocycles. The van der Waals surface area contributed by atoms with Gasteiger partial charge in [0.2, 0.25) is 5.95 Å². The fourth-order valence-electron chi connectivity index (χ4n) is 3.01. The Morgan fingerprint density at radius 2 is 1.77 bits per heavy atom. The molecule has 1 unspecified atom stereocenters. The van der Waals surface area contributed by atoms with Gasteiger partial charge in [0.1, 0.15) is 12.5 Å². The largest absolute Gasteiger partial charge is 0.388 e. The molecule has 0 aliphatic carbocycles. The van der Waals surface area contributed by atoms with E-state index in [0.717, 1.165) is 11.1 Å². The molecule has 0 fully saturated rings. The highest BCUT2D eigenvalue weighted by molar-refractivity contribution is 7.84. The first-order chi connectivity index (χ1) is 14.6. The molecule has 152 valence electrons. The number of aliphatic hydroxyl groups excluding tert-OH is 2. The Morgan fingerprint density at radius 1 is 1.03 bits per heavy atom. The van der Waals surface area contributed by atoms with Crippen molar-refractivity contribution in [1.29, 1.82) is 0 Å². The van der Waals surface area contributed by atoms with Crippen LogP contribution in [0.1, 0.15) is 10.4 Å². The van der Waals surface area contributed by atoms with Gasteiger partial charge in [0.05, 0.1) is 10.8 Å². The third-order valence-corrected chi connectivity index (χ3v) is 5.55. The molecule has 0 amide bonds. The van der Waals surface area contributed by atoms with Crippen LogP contribution in [0.2, 0.25) is 0 Å². The third kappa shape index (κ3) is 3.99. The molecule has 9 heteroatoms. The van der Waals surface area contributed by atoms with E-state index in [2.05, 4.69) is 15.4 Å². The molecule has 4 aromatic rings. The van der Waals surface area contributed by atoms with Crippen LogP contribution in [0, 0.1) is 0 Å². The molecule has 2 aromatic carbocycles. The Kier molecular flexibility index (Phi) is 5.66. The Balaban J connectivity index is 1.62. The lowest BCUT2D eigenvalue weighted by Gasteiger charge is -2.04. The van der Waals surface area contributed by atoms with Crippen LogP contribution in [0.25, 0.3) is 16.8 Å². The fraction of sp³-hybridized carbons (Fsp3) is 0.0952. The highest BCUT2D eigenvalue weighted by Gasteiger charge is 2.11. The zero-order valence-electron chi connectivity index (χ0n) is 15.7. The number of carbonyl (C=O) groups excluding carboxylic acids is 1. The summed E-state index contributed by atoms with van der Waals surface area (Å²) in [7, 11) is -1.43. The van der Waals surface area contributed by atoms with Gasteiger partial charge in [-0.2, -0.15) is 4.98 Å². The average molecular weight is 422 g/mol. The minimum Gasteiger partial charge on any atom is -0.388 e. The van der Waals surface area contributed by atoms with Crippen molar-refractivity contribution < 1.29 is 19.2 Å². The Bertz CT molecular complexity index is 1220. The highest BCUT2D eigenvalue weighted by atomic mass is 32.2. The molecule has 8 nitrogen and oxygen atoms in total. The maximum atomic E-state index is 11.7. The zero-order valence-corrected chi connectivity index (χ0v) is 16.5. The standard InChI is InChI=1S/C21H18N4O4S/c26-12-19(28)15-3-7-16(8-4-15)22-21-23-20-18(2-1-11-25(20)24-21)14-5-9-17(10-6-14)30(29)13-27/h1-11,26-27H,12-13H2,(H,22,24). The van der Waals surface area contributed by atoms with E-state index in [1.165, 1.54) is 0 Å². The lowest BCUT2D eigenvalue weighted by atomic mass is 10.1. The minimum absolute atomic E-state index is 0.342. The monoisotopic (exact) mass is 422 g/mol. The van der Waals surface area contributed by atoms with Crippen LogP contribution < -0.4 is 5.32 Å². The molecule has 0 radical (unpaired) electrons. The lowest BCUT2D eigenvalue weighted by molar-refractivity contribution is 0.0904. The number of hydrogen-bond donors (Lipinski definition) is 3. The molecule has 2 aromatic heterocycles. The van der Waals surface area contributed by atoms with E-state index in [-0.39, 0.29) is 5.78 Å². The second-order valence-electron chi connectivity index (χ2n) is 6.41. The van der Waals surface area contributed by atoms with Crippen LogP contribution in [0.5, 0.6) is 0 Å². The summed E-state index contributed by atoms with van der Waals surface area (Å²) < 4.78 is 13.4. The molecule has 1 atom stereocenters. The van der Waals surface area contributed by atoms with Crippen LogP contribution in [-0.4, -0.2) is 47.3 Å². The molecule has 0 bridgehead atoms. The summed E-state index contributed by atoms with van der Waals surface area (Å²) in [5.41, 5.74) is 3.51. The smallest absolute Gasteiger partial charge is 0.247 e. The first kappa shape index (κ1) is 19.9. The second kappa shape index (κ2) is 8.54. The van der Waals surface area contributed by atoms with E-state index < -0.39 is 23.3 Å². The molecule has 2 heterocycles. The number of hydrogen-bond acceptors (Lipinski definition) is 7. The van der Waals surface area contributed by atoms with E-state index in [4.69, 9.17) is 10.2 Å². The average Bonchev–Trinajstić information content (AvgIpc) is 3.21. The van der Waals surface area contributed by atoms with Gasteiger partial charge in [-0.3, -0.25) is 9.00 Å². The lowest BCUT2D eigenvalue weighted by Crippen LogP contribution is -2.04. The Morgan fingerprint density at radius 3 is 2.43 bits per heavy atom. The number of rotatable bonds is 7. The highest BCUT2D eigenvalue weighted by Crippen LogP contribution is 2.26. The Labute approximate surface area is 174 Å². The van der Waals surface area contributed by atoms with Crippen molar-refractivity contribution in [2.45, 2.75) is 4.90 Å². The summed E-state index contributed by atoms with van der Waals surface area (Å²) in [6.07, 6.45) is 1.79. The minimum atomic E-state index is -1.43. The van der Waals surface area contributed by atoms with Gasteiger partial charge in [0.25, 0.3) is 0 Å². The summed E-state index contributed by atoms with van der Waals surface area (Å²) in [6, 6.07) is 17.6. The van der Waals surface area contributed by atoms with E-state index >= 15 is 0 Å². The van der Waals surface area contributed by atoms with Crippen LogP contribution in [0.15, 0.2) is 71.8 Å².